The molecule has 1 atom stereocenters. The zero-order valence-electron chi connectivity index (χ0n) is 9.01. The molecule has 1 aliphatic heterocycles. The Morgan fingerprint density at radius 1 is 1.50 bits per heavy atom. The van der Waals surface area contributed by atoms with Crippen molar-refractivity contribution in [1.82, 2.24) is 0 Å². The van der Waals surface area contributed by atoms with Gasteiger partial charge in [0.25, 0.3) is 0 Å². The Labute approximate surface area is 109 Å². The monoisotopic (exact) mass is 303 g/mol. The fourth-order valence-corrected chi connectivity index (χ4v) is 2.43. The fraction of sp³-hybridized carbons (Fsp3) is 0.500. The number of anilines is 1. The third-order valence-corrected chi connectivity index (χ3v) is 3.66. The molecule has 0 amide bonds. The normalized spacial score (nSPS) is 20.0. The molecule has 1 N–H and O–H groups in total. The smallest absolute Gasteiger partial charge is 0.0592 e. The molecule has 1 fully saturated rings. The van der Waals surface area contributed by atoms with E-state index in [9.17, 15) is 0 Å². The second-order valence-electron chi connectivity index (χ2n) is 3.97. The molecule has 0 saturated carbocycles. The number of rotatable bonds is 4. The highest BCUT2D eigenvalue weighted by Crippen LogP contribution is 2.26. The van der Waals surface area contributed by atoms with E-state index in [0.29, 0.717) is 6.10 Å². The van der Waals surface area contributed by atoms with Crippen LogP contribution in [0.5, 0.6) is 0 Å². The molecule has 0 aliphatic carbocycles. The van der Waals surface area contributed by atoms with Crippen molar-refractivity contribution >= 4 is 33.2 Å². The van der Waals surface area contributed by atoms with Gasteiger partial charge in [0, 0.05) is 28.3 Å². The molecule has 1 heterocycles. The molecule has 1 saturated heterocycles. The lowest BCUT2D eigenvalue weighted by atomic mass is 10.2. The van der Waals surface area contributed by atoms with Gasteiger partial charge in [0.05, 0.1) is 6.10 Å². The summed E-state index contributed by atoms with van der Waals surface area (Å²) in [5.74, 6) is 0. The molecule has 0 aromatic heterocycles. The first kappa shape index (κ1) is 12.2. The van der Waals surface area contributed by atoms with Gasteiger partial charge in [-0.2, -0.15) is 0 Å². The minimum atomic E-state index is 0.436. The maximum absolute atomic E-state index is 5.94. The van der Waals surface area contributed by atoms with Crippen molar-refractivity contribution in [1.29, 1.82) is 0 Å². The van der Waals surface area contributed by atoms with Crippen LogP contribution in [0, 0.1) is 0 Å². The molecule has 16 heavy (non-hydrogen) atoms. The number of ether oxygens (including phenoxy) is 1. The largest absolute Gasteiger partial charge is 0.384 e. The van der Waals surface area contributed by atoms with E-state index >= 15 is 0 Å². The SMILES string of the molecule is Clc1ccc(Br)c(NCCC2CCCO2)c1. The topological polar surface area (TPSA) is 21.3 Å². The second-order valence-corrected chi connectivity index (χ2v) is 5.27. The van der Waals surface area contributed by atoms with Crippen LogP contribution in [-0.4, -0.2) is 19.3 Å². The van der Waals surface area contributed by atoms with Crippen molar-refractivity contribution in [2.24, 2.45) is 0 Å². The summed E-state index contributed by atoms with van der Waals surface area (Å²) in [6.45, 7) is 1.84. The summed E-state index contributed by atoms with van der Waals surface area (Å²) in [6, 6.07) is 5.76. The van der Waals surface area contributed by atoms with Crippen LogP contribution in [0.4, 0.5) is 5.69 Å². The van der Waals surface area contributed by atoms with E-state index in [4.69, 9.17) is 16.3 Å². The number of hydrogen-bond acceptors (Lipinski definition) is 2. The quantitative estimate of drug-likeness (QED) is 0.905. The molecule has 1 aliphatic rings. The standard InChI is InChI=1S/C12H15BrClNO/c13-11-4-3-9(14)8-12(11)15-6-5-10-2-1-7-16-10/h3-4,8,10,15H,1-2,5-7H2. The molecule has 2 rings (SSSR count). The number of nitrogens with one attached hydrogen (secondary N) is 1. The lowest BCUT2D eigenvalue weighted by molar-refractivity contribution is 0.107. The minimum absolute atomic E-state index is 0.436. The van der Waals surface area contributed by atoms with Crippen LogP contribution in [0.15, 0.2) is 22.7 Å². The number of halogens is 2. The summed E-state index contributed by atoms with van der Waals surface area (Å²) in [4.78, 5) is 0. The van der Waals surface area contributed by atoms with Crippen molar-refractivity contribution in [2.75, 3.05) is 18.5 Å². The molecule has 0 bridgehead atoms. The van der Waals surface area contributed by atoms with Gasteiger partial charge in [-0.3, -0.25) is 0 Å². The van der Waals surface area contributed by atoms with Crippen molar-refractivity contribution in [3.63, 3.8) is 0 Å². The van der Waals surface area contributed by atoms with E-state index in [-0.39, 0.29) is 0 Å². The van der Waals surface area contributed by atoms with E-state index < -0.39 is 0 Å². The van der Waals surface area contributed by atoms with Gasteiger partial charge in [-0.25, -0.2) is 0 Å². The third kappa shape index (κ3) is 3.37. The van der Waals surface area contributed by atoms with Crippen LogP contribution in [0.3, 0.4) is 0 Å². The summed E-state index contributed by atoms with van der Waals surface area (Å²) in [6.07, 6.45) is 3.88. The third-order valence-electron chi connectivity index (χ3n) is 2.73. The summed E-state index contributed by atoms with van der Waals surface area (Å²) >= 11 is 9.43. The van der Waals surface area contributed by atoms with E-state index in [2.05, 4.69) is 21.2 Å². The average Bonchev–Trinajstić information content (AvgIpc) is 2.76. The molecule has 1 unspecified atom stereocenters. The zero-order chi connectivity index (χ0) is 11.4. The molecule has 4 heteroatoms. The Hall–Kier alpha value is -0.250. The maximum atomic E-state index is 5.94. The number of benzene rings is 1. The fourth-order valence-electron chi connectivity index (χ4n) is 1.87. The van der Waals surface area contributed by atoms with Crippen LogP contribution in [0.2, 0.25) is 5.02 Å². The first-order chi connectivity index (χ1) is 7.75. The van der Waals surface area contributed by atoms with Gasteiger partial charge in [-0.15, -0.1) is 0 Å². The van der Waals surface area contributed by atoms with Crippen LogP contribution in [-0.2, 0) is 4.74 Å². The Bertz CT molecular complexity index is 353. The molecule has 0 spiro atoms. The molecule has 88 valence electrons. The van der Waals surface area contributed by atoms with Crippen molar-refractivity contribution in [2.45, 2.75) is 25.4 Å². The molecule has 1 aromatic rings. The highest BCUT2D eigenvalue weighted by atomic mass is 79.9. The molecule has 1 aromatic carbocycles. The van der Waals surface area contributed by atoms with E-state index in [1.165, 1.54) is 12.8 Å². The van der Waals surface area contributed by atoms with Crippen molar-refractivity contribution < 1.29 is 4.74 Å². The Morgan fingerprint density at radius 2 is 2.38 bits per heavy atom. The number of hydrogen-bond donors (Lipinski definition) is 1. The predicted molar refractivity (Wildman–Crippen MR) is 71.2 cm³/mol. The zero-order valence-corrected chi connectivity index (χ0v) is 11.4. The van der Waals surface area contributed by atoms with Gasteiger partial charge in [0.15, 0.2) is 0 Å². The minimum Gasteiger partial charge on any atom is -0.384 e. The van der Waals surface area contributed by atoms with E-state index in [1.54, 1.807) is 0 Å². The maximum Gasteiger partial charge on any atom is 0.0592 e. The van der Waals surface area contributed by atoms with Crippen molar-refractivity contribution in [3.05, 3.63) is 27.7 Å². The van der Waals surface area contributed by atoms with Gasteiger partial charge < -0.3 is 10.1 Å². The van der Waals surface area contributed by atoms with Crippen LogP contribution < -0.4 is 5.32 Å². The lowest BCUT2D eigenvalue weighted by Gasteiger charge is -2.12. The first-order valence-electron chi connectivity index (χ1n) is 5.56. The summed E-state index contributed by atoms with van der Waals surface area (Å²) in [7, 11) is 0. The van der Waals surface area contributed by atoms with Crippen molar-refractivity contribution in [3.8, 4) is 0 Å². The summed E-state index contributed by atoms with van der Waals surface area (Å²) in [5, 5.41) is 4.12. The summed E-state index contributed by atoms with van der Waals surface area (Å²) in [5.41, 5.74) is 1.05. The average molecular weight is 305 g/mol. The first-order valence-corrected chi connectivity index (χ1v) is 6.73. The highest BCUT2D eigenvalue weighted by Gasteiger charge is 2.14. The molecule has 2 nitrogen and oxygen atoms in total. The molecule has 0 radical (unpaired) electrons. The van der Waals surface area contributed by atoms with Crippen LogP contribution in [0.1, 0.15) is 19.3 Å². The van der Waals surface area contributed by atoms with Gasteiger partial charge in [-0.1, -0.05) is 11.6 Å². The Morgan fingerprint density at radius 3 is 3.12 bits per heavy atom. The van der Waals surface area contributed by atoms with E-state index in [1.807, 2.05) is 18.2 Å². The van der Waals surface area contributed by atoms with Gasteiger partial charge in [0.1, 0.15) is 0 Å². The van der Waals surface area contributed by atoms with Crippen LogP contribution in [0.25, 0.3) is 0 Å². The lowest BCUT2D eigenvalue weighted by Crippen LogP contribution is -2.12. The van der Waals surface area contributed by atoms with Gasteiger partial charge in [0.2, 0.25) is 0 Å². The van der Waals surface area contributed by atoms with Gasteiger partial charge >= 0.3 is 0 Å². The second kappa shape index (κ2) is 5.89. The highest BCUT2D eigenvalue weighted by molar-refractivity contribution is 9.10. The van der Waals surface area contributed by atoms with Crippen LogP contribution >= 0.6 is 27.5 Å². The molecular formula is C12H15BrClNO. The Balaban J connectivity index is 1.82. The molecular weight excluding hydrogens is 289 g/mol. The van der Waals surface area contributed by atoms with E-state index in [0.717, 1.165) is 34.8 Å². The summed E-state index contributed by atoms with van der Waals surface area (Å²) < 4.78 is 6.61. The Kier molecular flexibility index (Phi) is 4.50. The van der Waals surface area contributed by atoms with Gasteiger partial charge in [-0.05, 0) is 53.4 Å². The predicted octanol–water partition coefficient (Wildman–Crippen LogP) is 4.08.